The minimum Gasteiger partial charge on any atom is -0.386 e. The summed E-state index contributed by atoms with van der Waals surface area (Å²) < 4.78 is 0. The smallest absolute Gasteiger partial charge is 0.142 e. The van der Waals surface area contributed by atoms with Crippen LogP contribution in [0.3, 0.4) is 0 Å². The molecule has 1 aliphatic rings. The van der Waals surface area contributed by atoms with Gasteiger partial charge in [-0.05, 0) is 39.8 Å². The molecule has 0 bridgehead atoms. The molecule has 1 fully saturated rings. The molecule has 1 aliphatic heterocycles. The highest BCUT2D eigenvalue weighted by Crippen LogP contribution is 2.38. The third kappa shape index (κ3) is 2.85. The molecule has 2 heterocycles. The highest BCUT2D eigenvalue weighted by atomic mass is 16.3. The van der Waals surface area contributed by atoms with E-state index in [1.807, 2.05) is 33.8 Å². The van der Waals surface area contributed by atoms with E-state index in [0.29, 0.717) is 12.1 Å². The Labute approximate surface area is 114 Å². The lowest BCUT2D eigenvalue weighted by molar-refractivity contribution is -0.136. The van der Waals surface area contributed by atoms with Crippen LogP contribution in [0.15, 0.2) is 24.4 Å². The van der Waals surface area contributed by atoms with Gasteiger partial charge in [-0.3, -0.25) is 9.78 Å². The van der Waals surface area contributed by atoms with Crippen molar-refractivity contribution in [1.82, 2.24) is 10.3 Å². The molecule has 4 nitrogen and oxygen atoms in total. The molecule has 0 radical (unpaired) electrons. The molecule has 4 heteroatoms. The molecule has 0 aliphatic carbocycles. The quantitative estimate of drug-likeness (QED) is 0.854. The van der Waals surface area contributed by atoms with E-state index in [4.69, 9.17) is 0 Å². The van der Waals surface area contributed by atoms with Gasteiger partial charge in [0, 0.05) is 23.7 Å². The Kier molecular flexibility index (Phi) is 3.49. The molecule has 19 heavy (non-hydrogen) atoms. The van der Waals surface area contributed by atoms with Crippen molar-refractivity contribution >= 4 is 5.78 Å². The number of ketones is 1. The van der Waals surface area contributed by atoms with Crippen LogP contribution in [0, 0.1) is 5.92 Å². The van der Waals surface area contributed by atoms with Gasteiger partial charge >= 0.3 is 0 Å². The Morgan fingerprint density at radius 1 is 1.37 bits per heavy atom. The molecular weight excluding hydrogens is 240 g/mol. The zero-order valence-electron chi connectivity index (χ0n) is 12.0. The molecule has 0 saturated carbocycles. The van der Waals surface area contributed by atoms with Crippen LogP contribution in [0.1, 0.15) is 45.9 Å². The molecular formula is C15H22N2O2. The zero-order chi connectivity index (χ0) is 14.3. The normalized spacial score (nSPS) is 27.0. The van der Waals surface area contributed by atoms with Crippen molar-refractivity contribution in [3.8, 4) is 0 Å². The second-order valence-electron chi connectivity index (χ2n) is 6.55. The summed E-state index contributed by atoms with van der Waals surface area (Å²) in [4.78, 5) is 16.6. The van der Waals surface area contributed by atoms with E-state index in [-0.39, 0.29) is 11.3 Å². The van der Waals surface area contributed by atoms with E-state index in [1.165, 1.54) is 0 Å². The summed E-state index contributed by atoms with van der Waals surface area (Å²) in [6.07, 6.45) is 1.19. The topological polar surface area (TPSA) is 62.2 Å². The Morgan fingerprint density at radius 2 is 2.05 bits per heavy atom. The number of nitrogens with one attached hydrogen (secondary N) is 1. The zero-order valence-corrected chi connectivity index (χ0v) is 12.0. The van der Waals surface area contributed by atoms with Gasteiger partial charge < -0.3 is 10.4 Å². The molecule has 2 unspecified atom stereocenters. The Bertz CT molecular complexity index is 468. The average molecular weight is 262 g/mol. The Morgan fingerprint density at radius 3 is 2.58 bits per heavy atom. The van der Waals surface area contributed by atoms with Crippen LogP contribution in [-0.4, -0.2) is 27.0 Å². The van der Waals surface area contributed by atoms with Crippen LogP contribution in [0.25, 0.3) is 0 Å². The number of carbonyl (C=O) groups is 1. The number of aliphatic hydroxyl groups is 1. The predicted molar refractivity (Wildman–Crippen MR) is 73.6 cm³/mol. The fourth-order valence-corrected chi connectivity index (χ4v) is 3.23. The first kappa shape index (κ1) is 14.2. The number of nitrogens with zero attached hydrogens (tertiary/aromatic N) is 1. The number of piperidine rings is 1. The summed E-state index contributed by atoms with van der Waals surface area (Å²) in [5.41, 5.74) is -0.146. The first-order valence-electron chi connectivity index (χ1n) is 6.64. The van der Waals surface area contributed by atoms with Gasteiger partial charge in [-0.25, -0.2) is 0 Å². The summed E-state index contributed by atoms with van der Waals surface area (Å²) >= 11 is 0. The number of rotatable bonds is 2. The van der Waals surface area contributed by atoms with E-state index < -0.39 is 17.6 Å². The van der Waals surface area contributed by atoms with Crippen LogP contribution in [-0.2, 0) is 4.79 Å². The summed E-state index contributed by atoms with van der Waals surface area (Å²) in [6.45, 7) is 7.94. The standard InChI is InChI=1S/C15H22N2O2/c1-14(2)9-11(18)12(15(3,4)17-14)13(19)10-7-5-6-8-16-10/h5-8,12-13,17,19H,9H2,1-4H3. The number of carbonyl (C=O) groups excluding carboxylic acids is 1. The fraction of sp³-hybridized carbons (Fsp3) is 0.600. The lowest BCUT2D eigenvalue weighted by Gasteiger charge is -2.48. The van der Waals surface area contributed by atoms with Crippen molar-refractivity contribution in [2.75, 3.05) is 0 Å². The molecule has 2 rings (SSSR count). The second-order valence-corrected chi connectivity index (χ2v) is 6.55. The fourth-order valence-electron chi connectivity index (χ4n) is 3.23. The summed E-state index contributed by atoms with van der Waals surface area (Å²) in [5, 5.41) is 14.0. The van der Waals surface area contributed by atoms with E-state index in [2.05, 4.69) is 10.3 Å². The van der Waals surface area contributed by atoms with Crippen molar-refractivity contribution in [3.63, 3.8) is 0 Å². The van der Waals surface area contributed by atoms with E-state index >= 15 is 0 Å². The third-order valence-corrected chi connectivity index (χ3v) is 3.71. The molecule has 0 spiro atoms. The van der Waals surface area contributed by atoms with Crippen LogP contribution < -0.4 is 5.32 Å². The number of Topliss-reactive ketones (excluding diaryl/α,β-unsaturated/α-hetero) is 1. The van der Waals surface area contributed by atoms with Gasteiger partial charge in [0.1, 0.15) is 11.9 Å². The SMILES string of the molecule is CC1(C)CC(=O)C(C(O)c2ccccn2)C(C)(C)N1. The number of aromatic nitrogens is 1. The maximum Gasteiger partial charge on any atom is 0.142 e. The molecule has 1 aromatic heterocycles. The highest BCUT2D eigenvalue weighted by molar-refractivity contribution is 5.85. The Hall–Kier alpha value is -1.26. The van der Waals surface area contributed by atoms with Gasteiger partial charge in [-0.2, -0.15) is 0 Å². The first-order chi connectivity index (χ1) is 8.73. The van der Waals surface area contributed by atoms with E-state index in [1.54, 1.807) is 18.3 Å². The maximum atomic E-state index is 12.4. The average Bonchev–Trinajstić information content (AvgIpc) is 2.25. The van der Waals surface area contributed by atoms with E-state index in [9.17, 15) is 9.90 Å². The monoisotopic (exact) mass is 262 g/mol. The van der Waals surface area contributed by atoms with Crippen molar-refractivity contribution in [2.45, 2.75) is 51.3 Å². The molecule has 104 valence electrons. The second kappa shape index (κ2) is 4.69. The Balaban J connectivity index is 2.31. The minimum atomic E-state index is -0.868. The molecule has 2 N–H and O–H groups in total. The first-order valence-corrected chi connectivity index (χ1v) is 6.64. The molecule has 1 aromatic rings. The number of pyridine rings is 1. The molecule has 1 saturated heterocycles. The summed E-state index contributed by atoms with van der Waals surface area (Å²) in [5.74, 6) is -0.387. The lowest BCUT2D eigenvalue weighted by Crippen LogP contribution is -2.64. The minimum absolute atomic E-state index is 0.0897. The maximum absolute atomic E-state index is 12.4. The van der Waals surface area contributed by atoms with Crippen LogP contribution in [0.2, 0.25) is 0 Å². The van der Waals surface area contributed by atoms with Gasteiger partial charge in [-0.1, -0.05) is 6.07 Å². The van der Waals surface area contributed by atoms with Crippen LogP contribution in [0.4, 0.5) is 0 Å². The van der Waals surface area contributed by atoms with Gasteiger partial charge in [0.25, 0.3) is 0 Å². The van der Waals surface area contributed by atoms with Crippen LogP contribution in [0.5, 0.6) is 0 Å². The van der Waals surface area contributed by atoms with Crippen molar-refractivity contribution in [1.29, 1.82) is 0 Å². The van der Waals surface area contributed by atoms with Crippen molar-refractivity contribution in [3.05, 3.63) is 30.1 Å². The van der Waals surface area contributed by atoms with Crippen molar-refractivity contribution in [2.24, 2.45) is 5.92 Å². The van der Waals surface area contributed by atoms with Gasteiger partial charge in [0.15, 0.2) is 0 Å². The highest BCUT2D eigenvalue weighted by Gasteiger charge is 2.48. The molecule has 2 atom stereocenters. The van der Waals surface area contributed by atoms with E-state index in [0.717, 1.165) is 0 Å². The number of hydrogen-bond donors (Lipinski definition) is 2. The predicted octanol–water partition coefficient (Wildman–Crippen LogP) is 1.85. The summed E-state index contributed by atoms with van der Waals surface area (Å²) in [6, 6.07) is 5.38. The molecule has 0 aromatic carbocycles. The number of aliphatic hydroxyl groups excluding tert-OH is 1. The largest absolute Gasteiger partial charge is 0.386 e. The number of hydrogen-bond acceptors (Lipinski definition) is 4. The van der Waals surface area contributed by atoms with Gasteiger partial charge in [0.05, 0.1) is 11.6 Å². The van der Waals surface area contributed by atoms with Gasteiger partial charge in [-0.15, -0.1) is 0 Å². The van der Waals surface area contributed by atoms with Crippen molar-refractivity contribution < 1.29 is 9.90 Å². The molecule has 0 amide bonds. The van der Waals surface area contributed by atoms with Gasteiger partial charge in [0.2, 0.25) is 0 Å². The summed E-state index contributed by atoms with van der Waals surface area (Å²) in [7, 11) is 0. The van der Waals surface area contributed by atoms with Crippen LogP contribution >= 0.6 is 0 Å². The lowest BCUT2D eigenvalue weighted by atomic mass is 9.70. The third-order valence-electron chi connectivity index (χ3n) is 3.71.